The second-order valence-electron chi connectivity index (χ2n) is 3.39. The van der Waals surface area contributed by atoms with E-state index in [2.05, 4.69) is 5.32 Å². The van der Waals surface area contributed by atoms with Gasteiger partial charge >= 0.3 is 0 Å². The highest BCUT2D eigenvalue weighted by molar-refractivity contribution is 7.98. The summed E-state index contributed by atoms with van der Waals surface area (Å²) in [6, 6.07) is 9.61. The van der Waals surface area contributed by atoms with E-state index < -0.39 is 0 Å². The molecule has 3 nitrogen and oxygen atoms in total. The molecule has 0 bridgehead atoms. The number of thioether (sulfide) groups is 1. The number of ether oxygens (including phenoxy) is 1. The standard InChI is InChI=1S/C12H13NO2S/c1-16-7-10-11(12(14)13-8-15-10)9-5-3-2-4-6-9/h2-6H,7-8H2,1H3,(H,13,14). The van der Waals surface area contributed by atoms with Gasteiger partial charge in [0.2, 0.25) is 0 Å². The van der Waals surface area contributed by atoms with Crippen molar-refractivity contribution in [2.24, 2.45) is 0 Å². The molecule has 16 heavy (non-hydrogen) atoms. The third-order valence-electron chi connectivity index (χ3n) is 2.32. The first-order valence-electron chi connectivity index (χ1n) is 5.01. The molecule has 1 aromatic carbocycles. The second kappa shape index (κ2) is 5.07. The number of nitrogens with one attached hydrogen (secondary N) is 1. The molecule has 0 saturated heterocycles. The number of rotatable bonds is 3. The van der Waals surface area contributed by atoms with Gasteiger partial charge < -0.3 is 10.1 Å². The van der Waals surface area contributed by atoms with Crippen molar-refractivity contribution < 1.29 is 9.53 Å². The first-order valence-corrected chi connectivity index (χ1v) is 6.41. The molecule has 1 heterocycles. The maximum atomic E-state index is 11.8. The maximum absolute atomic E-state index is 11.8. The summed E-state index contributed by atoms with van der Waals surface area (Å²) in [5, 5.41) is 2.69. The van der Waals surface area contributed by atoms with Crippen LogP contribution in [0.15, 0.2) is 36.1 Å². The van der Waals surface area contributed by atoms with E-state index >= 15 is 0 Å². The molecule has 0 aliphatic carbocycles. The Morgan fingerprint density at radius 2 is 2.12 bits per heavy atom. The monoisotopic (exact) mass is 235 g/mol. The number of amides is 1. The van der Waals surface area contributed by atoms with E-state index in [1.54, 1.807) is 11.8 Å². The van der Waals surface area contributed by atoms with E-state index in [-0.39, 0.29) is 12.6 Å². The van der Waals surface area contributed by atoms with Crippen LogP contribution in [0.2, 0.25) is 0 Å². The number of hydrogen-bond donors (Lipinski definition) is 1. The van der Waals surface area contributed by atoms with Crippen molar-refractivity contribution >= 4 is 23.2 Å². The van der Waals surface area contributed by atoms with Gasteiger partial charge in [-0.3, -0.25) is 4.79 Å². The zero-order chi connectivity index (χ0) is 11.4. The predicted octanol–water partition coefficient (Wildman–Crippen LogP) is 1.86. The third-order valence-corrected chi connectivity index (χ3v) is 2.87. The molecule has 1 aliphatic heterocycles. The van der Waals surface area contributed by atoms with E-state index in [9.17, 15) is 4.79 Å². The van der Waals surface area contributed by atoms with Crippen molar-refractivity contribution in [2.45, 2.75) is 0 Å². The predicted molar refractivity (Wildman–Crippen MR) is 65.8 cm³/mol. The number of carbonyl (C=O) groups is 1. The molecule has 1 amide bonds. The third kappa shape index (κ3) is 2.22. The molecule has 0 radical (unpaired) electrons. The van der Waals surface area contributed by atoms with Gasteiger partial charge in [-0.05, 0) is 11.8 Å². The van der Waals surface area contributed by atoms with Gasteiger partial charge in [-0.2, -0.15) is 11.8 Å². The van der Waals surface area contributed by atoms with Crippen molar-refractivity contribution in [3.05, 3.63) is 41.7 Å². The molecule has 0 saturated carbocycles. The minimum atomic E-state index is -0.0542. The largest absolute Gasteiger partial charge is 0.476 e. The van der Waals surface area contributed by atoms with Crippen molar-refractivity contribution in [3.8, 4) is 0 Å². The average molecular weight is 235 g/mol. The van der Waals surface area contributed by atoms with Gasteiger partial charge in [0.05, 0.1) is 11.3 Å². The average Bonchev–Trinajstić information content (AvgIpc) is 2.31. The molecule has 1 aliphatic rings. The smallest absolute Gasteiger partial charge is 0.257 e. The summed E-state index contributed by atoms with van der Waals surface area (Å²) in [5.74, 6) is 1.43. The van der Waals surface area contributed by atoms with Crippen LogP contribution in [0.5, 0.6) is 0 Å². The molecule has 4 heteroatoms. The van der Waals surface area contributed by atoms with E-state index in [0.29, 0.717) is 5.57 Å². The van der Waals surface area contributed by atoms with Crippen LogP contribution in [-0.4, -0.2) is 24.6 Å². The molecule has 1 N–H and O–H groups in total. The molecule has 0 unspecified atom stereocenters. The fourth-order valence-corrected chi connectivity index (χ4v) is 2.11. The Kier molecular flexibility index (Phi) is 3.51. The van der Waals surface area contributed by atoms with Crippen LogP contribution >= 0.6 is 11.8 Å². The summed E-state index contributed by atoms with van der Waals surface area (Å²) in [6.45, 7) is 0.269. The Labute approximate surface area is 98.9 Å². The first kappa shape index (κ1) is 11.1. The lowest BCUT2D eigenvalue weighted by Crippen LogP contribution is -2.33. The first-order chi connectivity index (χ1) is 7.83. The van der Waals surface area contributed by atoms with Crippen LogP contribution in [0.3, 0.4) is 0 Å². The highest BCUT2D eigenvalue weighted by atomic mass is 32.2. The van der Waals surface area contributed by atoms with E-state index in [1.807, 2.05) is 36.6 Å². The van der Waals surface area contributed by atoms with Crippen molar-refractivity contribution in [1.82, 2.24) is 5.32 Å². The van der Waals surface area contributed by atoms with Gasteiger partial charge in [-0.15, -0.1) is 0 Å². The van der Waals surface area contributed by atoms with E-state index in [4.69, 9.17) is 4.74 Å². The topological polar surface area (TPSA) is 38.3 Å². The Bertz CT molecular complexity index is 414. The molecular weight excluding hydrogens is 222 g/mol. The number of benzene rings is 1. The quantitative estimate of drug-likeness (QED) is 0.869. The Morgan fingerprint density at radius 1 is 1.38 bits per heavy atom. The minimum absolute atomic E-state index is 0.0542. The van der Waals surface area contributed by atoms with Crippen LogP contribution in [-0.2, 0) is 9.53 Å². The SMILES string of the molecule is CSCC1=C(c2ccccc2)C(=O)NCO1. The summed E-state index contributed by atoms with van der Waals surface area (Å²) in [5.41, 5.74) is 1.56. The molecular formula is C12H13NO2S. The lowest BCUT2D eigenvalue weighted by atomic mass is 10.0. The maximum Gasteiger partial charge on any atom is 0.257 e. The van der Waals surface area contributed by atoms with Crippen LogP contribution < -0.4 is 5.32 Å². The summed E-state index contributed by atoms with van der Waals surface area (Å²) >= 11 is 1.65. The fourth-order valence-electron chi connectivity index (χ4n) is 1.62. The lowest BCUT2D eigenvalue weighted by Gasteiger charge is -2.21. The molecule has 0 spiro atoms. The van der Waals surface area contributed by atoms with Crippen LogP contribution in [0.25, 0.3) is 5.57 Å². The van der Waals surface area contributed by atoms with Gasteiger partial charge in [0.25, 0.3) is 5.91 Å². The zero-order valence-electron chi connectivity index (χ0n) is 9.03. The highest BCUT2D eigenvalue weighted by Crippen LogP contribution is 2.24. The van der Waals surface area contributed by atoms with Crippen LogP contribution in [0.1, 0.15) is 5.56 Å². The summed E-state index contributed by atoms with van der Waals surface area (Å²) < 4.78 is 5.48. The lowest BCUT2D eigenvalue weighted by molar-refractivity contribution is -0.118. The minimum Gasteiger partial charge on any atom is -0.476 e. The Balaban J connectivity index is 2.43. The van der Waals surface area contributed by atoms with Crippen molar-refractivity contribution in [3.63, 3.8) is 0 Å². The number of hydrogen-bond acceptors (Lipinski definition) is 3. The van der Waals surface area contributed by atoms with E-state index in [0.717, 1.165) is 17.1 Å². The molecule has 2 rings (SSSR count). The molecule has 0 fully saturated rings. The molecule has 0 aromatic heterocycles. The molecule has 0 atom stereocenters. The van der Waals surface area contributed by atoms with E-state index in [1.165, 1.54) is 0 Å². The summed E-state index contributed by atoms with van der Waals surface area (Å²) in [7, 11) is 0. The molecule has 1 aromatic rings. The summed E-state index contributed by atoms with van der Waals surface area (Å²) in [6.07, 6.45) is 1.99. The highest BCUT2D eigenvalue weighted by Gasteiger charge is 2.22. The van der Waals surface area contributed by atoms with Crippen molar-refractivity contribution in [2.75, 3.05) is 18.7 Å². The number of carbonyl (C=O) groups excluding carboxylic acids is 1. The van der Waals surface area contributed by atoms with Gasteiger partial charge in [-0.1, -0.05) is 30.3 Å². The second-order valence-corrected chi connectivity index (χ2v) is 4.26. The van der Waals surface area contributed by atoms with Crippen LogP contribution in [0.4, 0.5) is 0 Å². The molecule has 84 valence electrons. The zero-order valence-corrected chi connectivity index (χ0v) is 9.84. The summed E-state index contributed by atoms with van der Waals surface area (Å²) in [4.78, 5) is 11.8. The van der Waals surface area contributed by atoms with Crippen molar-refractivity contribution in [1.29, 1.82) is 0 Å². The normalized spacial score (nSPS) is 15.7. The fraction of sp³-hybridized carbons (Fsp3) is 0.250. The van der Waals surface area contributed by atoms with Gasteiger partial charge in [0.1, 0.15) is 5.76 Å². The van der Waals surface area contributed by atoms with Crippen LogP contribution in [0, 0.1) is 0 Å². The van der Waals surface area contributed by atoms with Gasteiger partial charge in [-0.25, -0.2) is 0 Å². The Morgan fingerprint density at radius 3 is 2.81 bits per heavy atom. The van der Waals surface area contributed by atoms with Gasteiger partial charge in [0.15, 0.2) is 6.73 Å². The van der Waals surface area contributed by atoms with Gasteiger partial charge in [0, 0.05) is 0 Å². The Hall–Kier alpha value is -1.42.